The summed E-state index contributed by atoms with van der Waals surface area (Å²) in [6, 6.07) is 9.93. The van der Waals surface area contributed by atoms with Gasteiger partial charge in [-0.3, -0.25) is 0 Å². The summed E-state index contributed by atoms with van der Waals surface area (Å²) in [5.74, 6) is 0.922. The Morgan fingerprint density at radius 2 is 1.90 bits per heavy atom. The molecule has 0 spiro atoms. The van der Waals surface area contributed by atoms with Gasteiger partial charge in [0.2, 0.25) is 0 Å². The second-order valence-electron chi connectivity index (χ2n) is 4.15. The van der Waals surface area contributed by atoms with Gasteiger partial charge in [-0.1, -0.05) is 17.2 Å². The third kappa shape index (κ3) is 2.22. The van der Waals surface area contributed by atoms with E-state index in [2.05, 4.69) is 10.0 Å². The van der Waals surface area contributed by atoms with Gasteiger partial charge in [0.15, 0.2) is 23.0 Å². The van der Waals surface area contributed by atoms with Gasteiger partial charge in [-0.2, -0.15) is 0 Å². The summed E-state index contributed by atoms with van der Waals surface area (Å²) >= 11 is 0. The van der Waals surface area contributed by atoms with E-state index >= 15 is 0 Å². The highest BCUT2D eigenvalue weighted by atomic mass is 16.6. The van der Waals surface area contributed by atoms with Crippen LogP contribution in [0, 0.1) is 0 Å². The van der Waals surface area contributed by atoms with Crippen molar-refractivity contribution >= 4 is 11.7 Å². The molecule has 0 aromatic heterocycles. The molecule has 0 atom stereocenters. The lowest BCUT2D eigenvalue weighted by Gasteiger charge is -2.22. The highest BCUT2D eigenvalue weighted by molar-refractivity contribution is 5.95. The quantitative estimate of drug-likeness (QED) is 0.303. The molecule has 0 saturated heterocycles. The van der Waals surface area contributed by atoms with E-state index in [-0.39, 0.29) is 17.0 Å². The van der Waals surface area contributed by atoms with E-state index in [1.807, 2.05) is 0 Å². The van der Waals surface area contributed by atoms with E-state index < -0.39 is 5.97 Å². The number of fused-ring (bicyclic) bond motifs is 2. The van der Waals surface area contributed by atoms with Crippen LogP contribution < -0.4 is 9.47 Å². The van der Waals surface area contributed by atoms with E-state index in [9.17, 15) is 4.79 Å². The van der Waals surface area contributed by atoms with Gasteiger partial charge in [-0.15, -0.1) is 0 Å². The maximum absolute atomic E-state index is 11.9. The molecule has 0 unspecified atom stereocenters. The number of nitrogens with zero attached hydrogens (tertiary/aromatic N) is 3. The van der Waals surface area contributed by atoms with Crippen LogP contribution in [0.25, 0.3) is 10.4 Å². The SMILES string of the molecule is COC(=O)c1cc(N=[N+]=[N-])cc2c1Oc1ccccc1O2. The Bertz CT molecular complexity index is 782. The molecule has 7 nitrogen and oxygen atoms in total. The zero-order chi connectivity index (χ0) is 14.8. The number of esters is 1. The molecule has 3 rings (SSSR count). The van der Waals surface area contributed by atoms with Crippen molar-refractivity contribution in [1.29, 1.82) is 0 Å². The minimum absolute atomic E-state index is 0.131. The van der Waals surface area contributed by atoms with E-state index in [1.54, 1.807) is 24.3 Å². The predicted octanol–water partition coefficient (Wildman–Crippen LogP) is 4.31. The van der Waals surface area contributed by atoms with Crippen molar-refractivity contribution in [3.05, 3.63) is 52.4 Å². The molecule has 1 aliphatic heterocycles. The first-order valence-corrected chi connectivity index (χ1v) is 5.99. The molecular weight excluding hydrogens is 274 g/mol. The number of methoxy groups -OCH3 is 1. The molecule has 0 amide bonds. The minimum Gasteiger partial charge on any atom is -0.465 e. The first-order chi connectivity index (χ1) is 10.2. The topological polar surface area (TPSA) is 93.5 Å². The summed E-state index contributed by atoms with van der Waals surface area (Å²) in [7, 11) is 1.26. The lowest BCUT2D eigenvalue weighted by atomic mass is 10.1. The van der Waals surface area contributed by atoms with Crippen molar-refractivity contribution in [3.8, 4) is 23.0 Å². The summed E-state index contributed by atoms with van der Waals surface area (Å²) in [5.41, 5.74) is 8.91. The van der Waals surface area contributed by atoms with Crippen molar-refractivity contribution < 1.29 is 19.0 Å². The van der Waals surface area contributed by atoms with Crippen LogP contribution in [0.4, 0.5) is 5.69 Å². The van der Waals surface area contributed by atoms with E-state index in [0.29, 0.717) is 17.2 Å². The Kier molecular flexibility index (Phi) is 3.10. The number of azide groups is 1. The van der Waals surface area contributed by atoms with Crippen LogP contribution in [0.1, 0.15) is 10.4 Å². The van der Waals surface area contributed by atoms with Crippen LogP contribution in [0.5, 0.6) is 23.0 Å². The third-order valence-corrected chi connectivity index (χ3v) is 2.89. The second-order valence-corrected chi connectivity index (χ2v) is 4.15. The molecule has 104 valence electrons. The van der Waals surface area contributed by atoms with Crippen molar-refractivity contribution in [2.75, 3.05) is 7.11 Å². The fraction of sp³-hybridized carbons (Fsp3) is 0.0714. The lowest BCUT2D eigenvalue weighted by molar-refractivity contribution is 0.0597. The van der Waals surface area contributed by atoms with Gasteiger partial charge >= 0.3 is 5.97 Å². The molecule has 1 aliphatic rings. The molecule has 0 bridgehead atoms. The summed E-state index contributed by atoms with van der Waals surface area (Å²) in [6.07, 6.45) is 0. The highest BCUT2D eigenvalue weighted by Crippen LogP contribution is 2.48. The average molecular weight is 283 g/mol. The van der Waals surface area contributed by atoms with Gasteiger partial charge in [0.05, 0.1) is 7.11 Å². The van der Waals surface area contributed by atoms with Crippen LogP contribution >= 0.6 is 0 Å². The molecule has 2 aromatic carbocycles. The molecular formula is C14H9N3O4. The van der Waals surface area contributed by atoms with Crippen molar-refractivity contribution in [2.45, 2.75) is 0 Å². The number of carbonyl (C=O) groups excluding carboxylic acids is 1. The van der Waals surface area contributed by atoms with Gasteiger partial charge in [-0.05, 0) is 29.8 Å². The van der Waals surface area contributed by atoms with E-state index in [4.69, 9.17) is 19.7 Å². The average Bonchev–Trinajstić information content (AvgIpc) is 2.52. The van der Waals surface area contributed by atoms with Gasteiger partial charge in [0.1, 0.15) is 5.56 Å². The predicted molar refractivity (Wildman–Crippen MR) is 73.2 cm³/mol. The van der Waals surface area contributed by atoms with Crippen LogP contribution in [0.2, 0.25) is 0 Å². The van der Waals surface area contributed by atoms with E-state index in [1.165, 1.54) is 19.2 Å². The molecule has 0 N–H and O–H groups in total. The Morgan fingerprint density at radius 1 is 1.19 bits per heavy atom. The molecule has 0 fully saturated rings. The number of benzene rings is 2. The van der Waals surface area contributed by atoms with Crippen molar-refractivity contribution in [1.82, 2.24) is 0 Å². The molecule has 0 radical (unpaired) electrons. The summed E-state index contributed by atoms with van der Waals surface area (Å²) in [4.78, 5) is 14.6. The first-order valence-electron chi connectivity index (χ1n) is 5.99. The highest BCUT2D eigenvalue weighted by Gasteiger charge is 2.26. The normalized spacial score (nSPS) is 11.1. The smallest absolute Gasteiger partial charge is 0.341 e. The zero-order valence-corrected chi connectivity index (χ0v) is 10.9. The van der Waals surface area contributed by atoms with Crippen LogP contribution in [0.15, 0.2) is 41.5 Å². The van der Waals surface area contributed by atoms with Crippen LogP contribution in [0.3, 0.4) is 0 Å². The molecule has 7 heteroatoms. The number of rotatable bonds is 2. The van der Waals surface area contributed by atoms with Crippen molar-refractivity contribution in [2.24, 2.45) is 5.11 Å². The number of hydrogen-bond donors (Lipinski definition) is 0. The standard InChI is InChI=1S/C14H9N3O4/c1-19-14(18)9-6-8(16-17-15)7-12-13(9)21-11-5-3-2-4-10(11)20-12/h2-7H,1H3. The zero-order valence-electron chi connectivity index (χ0n) is 10.9. The number of para-hydroxylation sites is 2. The molecule has 1 heterocycles. The fourth-order valence-electron chi connectivity index (χ4n) is 1.99. The van der Waals surface area contributed by atoms with Gasteiger partial charge in [0.25, 0.3) is 0 Å². The van der Waals surface area contributed by atoms with Crippen molar-refractivity contribution in [3.63, 3.8) is 0 Å². The molecule has 0 aliphatic carbocycles. The van der Waals surface area contributed by atoms with Gasteiger partial charge < -0.3 is 14.2 Å². The Hall–Kier alpha value is -3.18. The minimum atomic E-state index is -0.607. The Morgan fingerprint density at radius 3 is 2.57 bits per heavy atom. The van der Waals surface area contributed by atoms with Gasteiger partial charge in [-0.25, -0.2) is 4.79 Å². The lowest BCUT2D eigenvalue weighted by Crippen LogP contribution is -2.07. The van der Waals surface area contributed by atoms with Crippen LogP contribution in [-0.4, -0.2) is 13.1 Å². The number of ether oxygens (including phenoxy) is 3. The fourth-order valence-corrected chi connectivity index (χ4v) is 1.99. The Labute approximate surface area is 119 Å². The summed E-state index contributed by atoms with van der Waals surface area (Å²) in [5, 5.41) is 3.49. The number of hydrogen-bond acceptors (Lipinski definition) is 5. The summed E-state index contributed by atoms with van der Waals surface area (Å²) < 4.78 is 16.1. The first kappa shape index (κ1) is 12.8. The van der Waals surface area contributed by atoms with Crippen LogP contribution in [-0.2, 0) is 4.74 Å². The largest absolute Gasteiger partial charge is 0.465 e. The maximum atomic E-state index is 11.9. The molecule has 2 aromatic rings. The third-order valence-electron chi connectivity index (χ3n) is 2.89. The van der Waals surface area contributed by atoms with Gasteiger partial charge in [0, 0.05) is 10.6 Å². The monoisotopic (exact) mass is 283 g/mol. The molecule has 21 heavy (non-hydrogen) atoms. The Balaban J connectivity index is 2.17. The maximum Gasteiger partial charge on any atom is 0.341 e. The number of carbonyl (C=O) groups is 1. The molecule has 0 saturated carbocycles. The summed E-state index contributed by atoms with van der Waals surface area (Å²) in [6.45, 7) is 0. The van der Waals surface area contributed by atoms with E-state index in [0.717, 1.165) is 0 Å². The second kappa shape index (κ2) is 5.07.